The Kier molecular flexibility index (Phi) is 4.90. The second-order valence-electron chi connectivity index (χ2n) is 5.12. The first-order chi connectivity index (χ1) is 9.22. The lowest BCUT2D eigenvalue weighted by atomic mass is 9.97. The molecule has 6 nitrogen and oxygen atoms in total. The zero-order valence-electron chi connectivity index (χ0n) is 11.7. The zero-order chi connectivity index (χ0) is 13.7. The summed E-state index contributed by atoms with van der Waals surface area (Å²) < 4.78 is 1.62. The first-order valence-corrected chi connectivity index (χ1v) is 7.06. The van der Waals surface area contributed by atoms with Gasteiger partial charge in [0.25, 0.3) is 0 Å². The Balaban J connectivity index is 1.94. The Morgan fingerprint density at radius 3 is 2.84 bits per heavy atom. The molecule has 1 N–H and O–H groups in total. The summed E-state index contributed by atoms with van der Waals surface area (Å²) in [7, 11) is 0. The standard InChI is InChI=1S/C13H23N5O/c1-3-17(8-12-4-6-14-7-5-12)13(19)11(2)18-10-15-9-16-18/h9-12,14H,3-8H2,1-2H3. The molecule has 6 heteroatoms. The third kappa shape index (κ3) is 3.53. The highest BCUT2D eigenvalue weighted by Crippen LogP contribution is 2.16. The van der Waals surface area contributed by atoms with E-state index in [2.05, 4.69) is 15.4 Å². The maximum atomic E-state index is 12.5. The minimum Gasteiger partial charge on any atom is -0.341 e. The minimum absolute atomic E-state index is 0.131. The van der Waals surface area contributed by atoms with E-state index in [0.29, 0.717) is 5.92 Å². The van der Waals surface area contributed by atoms with Gasteiger partial charge < -0.3 is 10.2 Å². The van der Waals surface area contributed by atoms with Crippen LogP contribution in [-0.2, 0) is 4.79 Å². The summed E-state index contributed by atoms with van der Waals surface area (Å²) in [5, 5.41) is 7.40. The SMILES string of the molecule is CCN(CC1CCNCC1)C(=O)C(C)n1cncn1. The summed E-state index contributed by atoms with van der Waals surface area (Å²) in [4.78, 5) is 18.3. The van der Waals surface area contributed by atoms with Crippen molar-refractivity contribution in [3.05, 3.63) is 12.7 Å². The Bertz CT molecular complexity index is 386. The third-order valence-corrected chi connectivity index (χ3v) is 3.82. The van der Waals surface area contributed by atoms with Crippen LogP contribution >= 0.6 is 0 Å². The van der Waals surface area contributed by atoms with Crippen molar-refractivity contribution >= 4 is 5.91 Å². The van der Waals surface area contributed by atoms with E-state index in [1.807, 2.05) is 18.7 Å². The molecule has 0 spiro atoms. The van der Waals surface area contributed by atoms with Gasteiger partial charge >= 0.3 is 0 Å². The number of piperidine rings is 1. The monoisotopic (exact) mass is 265 g/mol. The summed E-state index contributed by atoms with van der Waals surface area (Å²) >= 11 is 0. The normalized spacial score (nSPS) is 18.2. The fraction of sp³-hybridized carbons (Fsp3) is 0.769. The Morgan fingerprint density at radius 2 is 2.26 bits per heavy atom. The predicted octanol–water partition coefficient (Wildman–Crippen LogP) is 0.687. The molecule has 1 aliphatic heterocycles. The van der Waals surface area contributed by atoms with Gasteiger partial charge in [-0.05, 0) is 45.7 Å². The molecule has 1 aromatic heterocycles. The van der Waals surface area contributed by atoms with Crippen LogP contribution < -0.4 is 5.32 Å². The number of nitrogens with one attached hydrogen (secondary N) is 1. The van der Waals surface area contributed by atoms with Gasteiger partial charge in [-0.15, -0.1) is 0 Å². The topological polar surface area (TPSA) is 63.1 Å². The molecular weight excluding hydrogens is 242 g/mol. The highest BCUT2D eigenvalue weighted by atomic mass is 16.2. The van der Waals surface area contributed by atoms with Gasteiger partial charge in [-0.3, -0.25) is 4.79 Å². The maximum Gasteiger partial charge on any atom is 0.247 e. The summed E-state index contributed by atoms with van der Waals surface area (Å²) in [6.07, 6.45) is 5.37. The molecule has 106 valence electrons. The Labute approximate surface area is 114 Å². The van der Waals surface area contributed by atoms with Crippen LogP contribution in [-0.4, -0.2) is 51.8 Å². The van der Waals surface area contributed by atoms with Gasteiger partial charge in [0.1, 0.15) is 18.7 Å². The van der Waals surface area contributed by atoms with Gasteiger partial charge in [0, 0.05) is 13.1 Å². The third-order valence-electron chi connectivity index (χ3n) is 3.82. The van der Waals surface area contributed by atoms with Crippen molar-refractivity contribution in [3.8, 4) is 0 Å². The molecule has 0 radical (unpaired) electrons. The van der Waals surface area contributed by atoms with E-state index in [0.717, 1.165) is 39.0 Å². The highest BCUT2D eigenvalue weighted by Gasteiger charge is 2.24. The number of rotatable bonds is 5. The Morgan fingerprint density at radius 1 is 1.53 bits per heavy atom. The lowest BCUT2D eigenvalue weighted by Gasteiger charge is -2.31. The van der Waals surface area contributed by atoms with Gasteiger partial charge in [0.05, 0.1) is 0 Å². The van der Waals surface area contributed by atoms with Crippen LogP contribution in [0.1, 0.15) is 32.7 Å². The molecule has 0 bridgehead atoms. The van der Waals surface area contributed by atoms with E-state index in [-0.39, 0.29) is 11.9 Å². The number of hydrogen-bond donors (Lipinski definition) is 1. The molecule has 0 aromatic carbocycles. The van der Waals surface area contributed by atoms with Gasteiger partial charge in [-0.1, -0.05) is 0 Å². The van der Waals surface area contributed by atoms with Crippen LogP contribution in [0.5, 0.6) is 0 Å². The molecule has 2 heterocycles. The van der Waals surface area contributed by atoms with E-state index in [1.165, 1.54) is 6.33 Å². The summed E-state index contributed by atoms with van der Waals surface area (Å²) in [5.74, 6) is 0.750. The van der Waals surface area contributed by atoms with E-state index in [1.54, 1.807) is 11.0 Å². The van der Waals surface area contributed by atoms with E-state index >= 15 is 0 Å². The fourth-order valence-electron chi connectivity index (χ4n) is 2.55. The summed E-state index contributed by atoms with van der Waals surface area (Å²) in [5.41, 5.74) is 0. The van der Waals surface area contributed by atoms with Crippen LogP contribution in [0.2, 0.25) is 0 Å². The summed E-state index contributed by atoms with van der Waals surface area (Å²) in [6.45, 7) is 7.65. The number of likely N-dealkylation sites (N-methyl/N-ethyl adjacent to an activating group) is 1. The molecule has 0 aliphatic carbocycles. The molecule has 1 fully saturated rings. The predicted molar refractivity (Wildman–Crippen MR) is 72.6 cm³/mol. The van der Waals surface area contributed by atoms with Crippen LogP contribution in [0, 0.1) is 5.92 Å². The fourth-order valence-corrected chi connectivity index (χ4v) is 2.55. The Hall–Kier alpha value is -1.43. The lowest BCUT2D eigenvalue weighted by molar-refractivity contribution is -0.135. The van der Waals surface area contributed by atoms with Crippen molar-refractivity contribution in [1.29, 1.82) is 0 Å². The summed E-state index contributed by atoms with van der Waals surface area (Å²) in [6, 6.07) is -0.274. The number of carbonyl (C=O) groups is 1. The lowest BCUT2D eigenvalue weighted by Crippen LogP contribution is -2.42. The van der Waals surface area contributed by atoms with Crippen molar-refractivity contribution in [1.82, 2.24) is 25.0 Å². The molecule has 1 amide bonds. The van der Waals surface area contributed by atoms with Crippen LogP contribution in [0.15, 0.2) is 12.7 Å². The van der Waals surface area contributed by atoms with Gasteiger partial charge in [-0.2, -0.15) is 5.10 Å². The van der Waals surface area contributed by atoms with Crippen LogP contribution in [0.3, 0.4) is 0 Å². The quantitative estimate of drug-likeness (QED) is 0.850. The molecular formula is C13H23N5O. The largest absolute Gasteiger partial charge is 0.341 e. The van der Waals surface area contributed by atoms with Crippen molar-refractivity contribution in [2.24, 2.45) is 5.92 Å². The first-order valence-electron chi connectivity index (χ1n) is 7.06. The van der Waals surface area contributed by atoms with E-state index in [4.69, 9.17) is 0 Å². The molecule has 1 atom stereocenters. The molecule has 2 rings (SSSR count). The smallest absolute Gasteiger partial charge is 0.247 e. The molecule has 19 heavy (non-hydrogen) atoms. The van der Waals surface area contributed by atoms with Crippen molar-refractivity contribution in [2.75, 3.05) is 26.2 Å². The number of hydrogen-bond acceptors (Lipinski definition) is 4. The van der Waals surface area contributed by atoms with Crippen molar-refractivity contribution in [3.63, 3.8) is 0 Å². The van der Waals surface area contributed by atoms with Crippen molar-refractivity contribution < 1.29 is 4.79 Å². The number of aromatic nitrogens is 3. The van der Waals surface area contributed by atoms with Crippen LogP contribution in [0.25, 0.3) is 0 Å². The van der Waals surface area contributed by atoms with E-state index < -0.39 is 0 Å². The highest BCUT2D eigenvalue weighted by molar-refractivity contribution is 5.79. The number of carbonyl (C=O) groups excluding carboxylic acids is 1. The second-order valence-corrected chi connectivity index (χ2v) is 5.12. The molecule has 1 unspecified atom stereocenters. The number of amides is 1. The van der Waals surface area contributed by atoms with Crippen molar-refractivity contribution in [2.45, 2.75) is 32.7 Å². The van der Waals surface area contributed by atoms with Gasteiger partial charge in [0.2, 0.25) is 5.91 Å². The van der Waals surface area contributed by atoms with Crippen LogP contribution in [0.4, 0.5) is 0 Å². The minimum atomic E-state index is -0.274. The average molecular weight is 265 g/mol. The first kappa shape index (κ1) is 14.0. The van der Waals surface area contributed by atoms with Gasteiger partial charge in [-0.25, -0.2) is 9.67 Å². The maximum absolute atomic E-state index is 12.5. The molecule has 1 aliphatic rings. The average Bonchev–Trinajstić information content (AvgIpc) is 2.98. The van der Waals surface area contributed by atoms with E-state index in [9.17, 15) is 4.79 Å². The second kappa shape index (κ2) is 6.65. The molecule has 1 saturated heterocycles. The molecule has 0 saturated carbocycles. The molecule has 1 aromatic rings. The number of nitrogens with zero attached hydrogens (tertiary/aromatic N) is 4. The zero-order valence-corrected chi connectivity index (χ0v) is 11.7. The van der Waals surface area contributed by atoms with Gasteiger partial charge in [0.15, 0.2) is 0 Å².